The lowest BCUT2D eigenvalue weighted by Crippen LogP contribution is -2.52. The van der Waals surface area contributed by atoms with Gasteiger partial charge in [-0.2, -0.15) is 0 Å². The van der Waals surface area contributed by atoms with Gasteiger partial charge in [-0.05, 0) is 58.9 Å². The van der Waals surface area contributed by atoms with Crippen LogP contribution in [0.2, 0.25) is 58.9 Å². The molecule has 6 nitrogen and oxygen atoms in total. The molecule has 0 aliphatic carbocycles. The summed E-state index contributed by atoms with van der Waals surface area (Å²) >= 11 is 0. The van der Waals surface area contributed by atoms with E-state index in [1.54, 1.807) is 0 Å². The van der Waals surface area contributed by atoms with Crippen molar-refractivity contribution in [3.63, 3.8) is 0 Å². The molecule has 1 unspecified atom stereocenters. The van der Waals surface area contributed by atoms with Crippen molar-refractivity contribution >= 4 is 25.0 Å². The number of ether oxygens (including phenoxy) is 1. The Balaban J connectivity index is 3.07. The molecule has 0 spiro atoms. The predicted octanol–water partition coefficient (Wildman–Crippen LogP) is 2.36. The monoisotopic (exact) mass is 396 g/mol. The minimum absolute atomic E-state index is 0.174. The maximum Gasteiger partial charge on any atom is 0.184 e. The van der Waals surface area contributed by atoms with E-state index in [-0.39, 0.29) is 6.61 Å². The molecule has 0 saturated carbocycles. The molecule has 1 aliphatic heterocycles. The van der Waals surface area contributed by atoms with Crippen LogP contribution < -0.4 is 0 Å². The largest absolute Gasteiger partial charge is 0.410 e. The Morgan fingerprint density at radius 1 is 0.833 bits per heavy atom. The van der Waals surface area contributed by atoms with Crippen molar-refractivity contribution < 1.29 is 28.2 Å². The lowest BCUT2D eigenvalue weighted by molar-refractivity contribution is -0.145. The molecule has 24 heavy (non-hydrogen) atoms. The SMILES string of the molecule is C[Si](C)(C)O[C@H]1[C@H]([C@@H](CO)O[Si](C)(C)C)OC(O)[C@@H]1O[Si](C)(C)C. The van der Waals surface area contributed by atoms with Crippen molar-refractivity contribution in [2.45, 2.75) is 89.6 Å². The minimum atomic E-state index is -1.91. The fraction of sp³-hybridized carbons (Fsp3) is 1.00. The van der Waals surface area contributed by atoms with Crippen molar-refractivity contribution in [3.05, 3.63) is 0 Å². The summed E-state index contributed by atoms with van der Waals surface area (Å²) < 4.78 is 24.3. The van der Waals surface area contributed by atoms with E-state index in [1.165, 1.54) is 0 Å². The highest BCUT2D eigenvalue weighted by molar-refractivity contribution is 6.70. The Kier molecular flexibility index (Phi) is 7.46. The van der Waals surface area contributed by atoms with E-state index in [0.29, 0.717) is 0 Å². The van der Waals surface area contributed by atoms with Crippen LogP contribution in [0.5, 0.6) is 0 Å². The van der Waals surface area contributed by atoms with Crippen LogP contribution in [0.25, 0.3) is 0 Å². The van der Waals surface area contributed by atoms with Gasteiger partial charge in [0.05, 0.1) is 12.7 Å². The van der Waals surface area contributed by atoms with Crippen LogP contribution in [-0.4, -0.2) is 72.5 Å². The van der Waals surface area contributed by atoms with E-state index in [1.807, 2.05) is 0 Å². The Bertz CT molecular complexity index is 401. The van der Waals surface area contributed by atoms with Crippen molar-refractivity contribution in [2.75, 3.05) is 6.61 Å². The molecule has 0 aromatic heterocycles. The zero-order valence-electron chi connectivity index (χ0n) is 16.6. The third-order valence-corrected chi connectivity index (χ3v) is 6.22. The van der Waals surface area contributed by atoms with Crippen molar-refractivity contribution in [1.29, 1.82) is 0 Å². The molecule has 0 aromatic rings. The van der Waals surface area contributed by atoms with Gasteiger partial charge >= 0.3 is 0 Å². The molecule has 1 aliphatic rings. The summed E-state index contributed by atoms with van der Waals surface area (Å²) in [5.41, 5.74) is 0. The Morgan fingerprint density at radius 2 is 1.29 bits per heavy atom. The van der Waals surface area contributed by atoms with E-state index in [2.05, 4.69) is 58.9 Å². The second-order valence-corrected chi connectivity index (χ2v) is 22.7. The molecule has 144 valence electrons. The van der Waals surface area contributed by atoms with Crippen LogP contribution in [-0.2, 0) is 18.0 Å². The first-order chi connectivity index (χ1) is 10.6. The van der Waals surface area contributed by atoms with Gasteiger partial charge in [-0.15, -0.1) is 0 Å². The Hall–Kier alpha value is 0.411. The molecule has 0 radical (unpaired) electrons. The van der Waals surface area contributed by atoms with Crippen molar-refractivity contribution in [1.82, 2.24) is 0 Å². The predicted molar refractivity (Wildman–Crippen MR) is 103 cm³/mol. The fourth-order valence-corrected chi connectivity index (χ4v) is 5.97. The number of aliphatic hydroxyl groups is 2. The van der Waals surface area contributed by atoms with Gasteiger partial charge in [0.25, 0.3) is 0 Å². The molecule has 1 saturated heterocycles. The van der Waals surface area contributed by atoms with Crippen LogP contribution >= 0.6 is 0 Å². The average molecular weight is 397 g/mol. The van der Waals surface area contributed by atoms with Gasteiger partial charge in [0.2, 0.25) is 0 Å². The van der Waals surface area contributed by atoms with Gasteiger partial charge in [0.15, 0.2) is 31.2 Å². The molecule has 1 fully saturated rings. The molecule has 0 amide bonds. The van der Waals surface area contributed by atoms with Gasteiger partial charge in [0, 0.05) is 0 Å². The highest BCUT2D eigenvalue weighted by Crippen LogP contribution is 2.33. The standard InChI is InChI=1S/C15H36O6Si3/c1-22(2,3)19-11(10-16)12-13(20-23(4,5)6)14(15(17)18-12)21-24(7,8)9/h11-17H,10H2,1-9H3/t11-,12+,13+,14-,15?/m1/s1. The second kappa shape index (κ2) is 7.97. The fourth-order valence-electron chi connectivity index (χ4n) is 2.70. The summed E-state index contributed by atoms with van der Waals surface area (Å²) in [7, 11) is -5.70. The smallest absolute Gasteiger partial charge is 0.184 e. The van der Waals surface area contributed by atoms with Crippen molar-refractivity contribution in [3.8, 4) is 0 Å². The maximum absolute atomic E-state index is 10.4. The molecule has 5 atom stereocenters. The summed E-state index contributed by atoms with van der Waals surface area (Å²) in [5, 5.41) is 20.2. The first-order valence-corrected chi connectivity index (χ1v) is 18.8. The van der Waals surface area contributed by atoms with Crippen LogP contribution in [0.15, 0.2) is 0 Å². The minimum Gasteiger partial charge on any atom is -0.410 e. The summed E-state index contributed by atoms with van der Waals surface area (Å²) in [4.78, 5) is 0. The number of aliphatic hydroxyl groups excluding tert-OH is 2. The van der Waals surface area contributed by atoms with Gasteiger partial charge in [-0.3, -0.25) is 0 Å². The molecule has 1 heterocycles. The van der Waals surface area contributed by atoms with E-state index >= 15 is 0 Å². The molecule has 1 rings (SSSR count). The third kappa shape index (κ3) is 7.34. The molecule has 9 heteroatoms. The van der Waals surface area contributed by atoms with Crippen LogP contribution in [0.4, 0.5) is 0 Å². The summed E-state index contributed by atoms with van der Waals surface area (Å²) in [6.45, 7) is 18.5. The van der Waals surface area contributed by atoms with Gasteiger partial charge in [0.1, 0.15) is 18.3 Å². The summed E-state index contributed by atoms with van der Waals surface area (Å²) in [6, 6.07) is 0. The number of hydrogen-bond donors (Lipinski definition) is 2. The lowest BCUT2D eigenvalue weighted by atomic mass is 10.1. The van der Waals surface area contributed by atoms with Crippen molar-refractivity contribution in [2.24, 2.45) is 0 Å². The zero-order chi connectivity index (χ0) is 18.9. The maximum atomic E-state index is 10.4. The Labute approximate surface area is 149 Å². The van der Waals surface area contributed by atoms with Gasteiger partial charge < -0.3 is 28.2 Å². The lowest BCUT2D eigenvalue weighted by Gasteiger charge is -2.36. The highest BCUT2D eigenvalue weighted by Gasteiger charge is 2.51. The molecule has 0 bridgehead atoms. The number of hydrogen-bond acceptors (Lipinski definition) is 6. The molecule has 0 aromatic carbocycles. The van der Waals surface area contributed by atoms with E-state index in [0.717, 1.165) is 0 Å². The van der Waals surface area contributed by atoms with Crippen LogP contribution in [0, 0.1) is 0 Å². The van der Waals surface area contributed by atoms with Crippen LogP contribution in [0.1, 0.15) is 0 Å². The van der Waals surface area contributed by atoms with Crippen LogP contribution in [0.3, 0.4) is 0 Å². The quantitative estimate of drug-likeness (QED) is 0.613. The average Bonchev–Trinajstić information content (AvgIpc) is 2.60. The normalized spacial score (nSPS) is 30.6. The topological polar surface area (TPSA) is 77.4 Å². The number of rotatable bonds is 8. The molecular formula is C15H36O6Si3. The zero-order valence-corrected chi connectivity index (χ0v) is 19.6. The van der Waals surface area contributed by atoms with Gasteiger partial charge in [-0.25, -0.2) is 0 Å². The van der Waals surface area contributed by atoms with E-state index in [4.69, 9.17) is 18.0 Å². The van der Waals surface area contributed by atoms with Gasteiger partial charge in [-0.1, -0.05) is 0 Å². The highest BCUT2D eigenvalue weighted by atomic mass is 28.4. The first kappa shape index (κ1) is 22.5. The summed E-state index contributed by atoms with van der Waals surface area (Å²) in [6.07, 6.45) is -3.12. The van der Waals surface area contributed by atoms with E-state index in [9.17, 15) is 10.2 Å². The molecular weight excluding hydrogens is 360 g/mol. The summed E-state index contributed by atoms with van der Waals surface area (Å²) in [5.74, 6) is 0. The van der Waals surface area contributed by atoms with E-state index < -0.39 is 55.7 Å². The third-order valence-electron chi connectivity index (χ3n) is 3.26. The Morgan fingerprint density at radius 3 is 1.67 bits per heavy atom. The molecule has 2 N–H and O–H groups in total. The second-order valence-electron chi connectivity index (χ2n) is 9.33. The first-order valence-electron chi connectivity index (χ1n) is 8.61.